The molecule has 0 spiro atoms. The second kappa shape index (κ2) is 7.86. The average molecular weight is 364 g/mol. The van der Waals surface area contributed by atoms with Crippen LogP contribution in [0.5, 0.6) is 0 Å². The minimum atomic E-state index is -1.28. The number of hydrogen-bond acceptors (Lipinski definition) is 8. The van der Waals surface area contributed by atoms with Gasteiger partial charge in [-0.25, -0.2) is 9.59 Å². The van der Waals surface area contributed by atoms with Gasteiger partial charge in [-0.15, -0.1) is 0 Å². The normalized spacial score (nSPS) is 18.8. The molecule has 1 aromatic carbocycles. The third-order valence-corrected chi connectivity index (χ3v) is 3.97. The maximum atomic E-state index is 11.9. The molecule has 26 heavy (non-hydrogen) atoms. The fourth-order valence-corrected chi connectivity index (χ4v) is 2.48. The van der Waals surface area contributed by atoms with E-state index in [2.05, 4.69) is 5.32 Å². The van der Waals surface area contributed by atoms with Gasteiger partial charge in [-0.2, -0.15) is 0 Å². The van der Waals surface area contributed by atoms with Crippen molar-refractivity contribution in [1.29, 1.82) is 0 Å². The Balaban J connectivity index is 2.08. The van der Waals surface area contributed by atoms with Gasteiger partial charge in [-0.05, 0) is 31.8 Å². The summed E-state index contributed by atoms with van der Waals surface area (Å²) in [7, 11) is 3.55. The van der Waals surface area contributed by atoms with Crippen molar-refractivity contribution in [3.8, 4) is 0 Å². The number of carbonyl (C=O) groups is 2. The van der Waals surface area contributed by atoms with Gasteiger partial charge in [0.25, 0.3) is 5.79 Å². The zero-order chi connectivity index (χ0) is 19.5. The van der Waals surface area contributed by atoms with Crippen molar-refractivity contribution >= 4 is 17.6 Å². The summed E-state index contributed by atoms with van der Waals surface area (Å²) in [5, 5.41) is 22.6. The summed E-state index contributed by atoms with van der Waals surface area (Å²) in [6.45, 7) is 2.77. The lowest BCUT2D eigenvalue weighted by atomic mass is 10.0. The third kappa shape index (κ3) is 4.60. The van der Waals surface area contributed by atoms with Crippen LogP contribution in [0.15, 0.2) is 36.0 Å². The molecule has 1 heterocycles. The molecule has 1 aromatic rings. The van der Waals surface area contributed by atoms with Crippen molar-refractivity contribution in [1.82, 2.24) is 4.90 Å². The van der Waals surface area contributed by atoms with E-state index in [1.54, 1.807) is 43.3 Å². The van der Waals surface area contributed by atoms with Gasteiger partial charge in [0.2, 0.25) is 0 Å². The maximum absolute atomic E-state index is 11.9. The number of aliphatic hydroxyl groups is 2. The minimum Gasteiger partial charge on any atom is -0.419 e. The molecule has 0 bridgehead atoms. The van der Waals surface area contributed by atoms with E-state index in [-0.39, 0.29) is 12.2 Å². The van der Waals surface area contributed by atoms with Gasteiger partial charge in [-0.1, -0.05) is 12.1 Å². The van der Waals surface area contributed by atoms with Crippen molar-refractivity contribution in [2.45, 2.75) is 31.8 Å². The number of benzene rings is 1. The van der Waals surface area contributed by atoms with Crippen molar-refractivity contribution in [2.24, 2.45) is 0 Å². The van der Waals surface area contributed by atoms with Crippen LogP contribution in [0.4, 0.5) is 5.69 Å². The summed E-state index contributed by atoms with van der Waals surface area (Å²) in [6.07, 6.45) is 0.370. The molecule has 1 aliphatic rings. The zero-order valence-corrected chi connectivity index (χ0v) is 15.2. The Morgan fingerprint density at radius 2 is 1.69 bits per heavy atom. The van der Waals surface area contributed by atoms with E-state index in [4.69, 9.17) is 9.47 Å². The standard InChI is InChI=1S/C18H24N2O6/c1-18(2)25-16(23)13(17(24)26-18)9-19-12-7-5-11(6-8-12)15(22)14(10-21)20(3)4/h5-9,14-15,19,21-22H,10H2,1-4H3. The van der Waals surface area contributed by atoms with Crippen molar-refractivity contribution in [3.05, 3.63) is 41.6 Å². The number of cyclic esters (lactones) is 2. The lowest BCUT2D eigenvalue weighted by molar-refractivity contribution is -0.222. The highest BCUT2D eigenvalue weighted by atomic mass is 16.7. The number of likely N-dealkylation sites (N-methyl/N-ethyl adjacent to an activating group) is 1. The third-order valence-electron chi connectivity index (χ3n) is 3.97. The Bertz CT molecular complexity index is 674. The summed E-state index contributed by atoms with van der Waals surface area (Å²) in [4.78, 5) is 25.5. The Kier molecular flexibility index (Phi) is 6.01. The second-order valence-electron chi connectivity index (χ2n) is 6.66. The summed E-state index contributed by atoms with van der Waals surface area (Å²) >= 11 is 0. The summed E-state index contributed by atoms with van der Waals surface area (Å²) in [6, 6.07) is 6.33. The fourth-order valence-electron chi connectivity index (χ4n) is 2.48. The van der Waals surface area contributed by atoms with Crippen LogP contribution >= 0.6 is 0 Å². The van der Waals surface area contributed by atoms with Crippen LogP contribution in [-0.4, -0.2) is 59.6 Å². The highest BCUT2D eigenvalue weighted by Gasteiger charge is 2.38. The number of rotatable bonds is 6. The van der Waals surface area contributed by atoms with Gasteiger partial charge in [0, 0.05) is 25.7 Å². The van der Waals surface area contributed by atoms with Gasteiger partial charge in [-0.3, -0.25) is 0 Å². The Labute approximate surface area is 152 Å². The lowest BCUT2D eigenvalue weighted by Gasteiger charge is -2.29. The first-order valence-electron chi connectivity index (χ1n) is 8.13. The molecule has 0 saturated carbocycles. The smallest absolute Gasteiger partial charge is 0.350 e. The highest BCUT2D eigenvalue weighted by Crippen LogP contribution is 2.24. The molecule has 1 fully saturated rings. The van der Waals surface area contributed by atoms with Crippen molar-refractivity contribution < 1.29 is 29.3 Å². The summed E-state index contributed by atoms with van der Waals surface area (Å²) < 4.78 is 10.0. The Morgan fingerprint density at radius 3 is 2.15 bits per heavy atom. The molecule has 0 amide bonds. The molecule has 8 heteroatoms. The second-order valence-corrected chi connectivity index (χ2v) is 6.66. The number of anilines is 1. The van der Waals surface area contributed by atoms with Gasteiger partial charge >= 0.3 is 11.9 Å². The van der Waals surface area contributed by atoms with E-state index in [9.17, 15) is 19.8 Å². The molecule has 2 rings (SSSR count). The molecule has 0 aromatic heterocycles. The van der Waals surface area contributed by atoms with Crippen LogP contribution in [0.1, 0.15) is 25.5 Å². The van der Waals surface area contributed by atoms with Gasteiger partial charge in [0.1, 0.15) is 0 Å². The van der Waals surface area contributed by atoms with E-state index < -0.39 is 29.9 Å². The topological polar surface area (TPSA) is 108 Å². The van der Waals surface area contributed by atoms with Crippen LogP contribution in [0.3, 0.4) is 0 Å². The summed E-state index contributed by atoms with van der Waals surface area (Å²) in [5.41, 5.74) is 1.000. The number of hydrogen-bond donors (Lipinski definition) is 3. The quantitative estimate of drug-likeness (QED) is 0.386. The predicted octanol–water partition coefficient (Wildman–Crippen LogP) is 0.774. The molecular weight excluding hydrogens is 340 g/mol. The number of nitrogens with zero attached hydrogens (tertiary/aromatic N) is 1. The Hall–Kier alpha value is -2.42. The van der Waals surface area contributed by atoms with E-state index in [1.807, 2.05) is 0 Å². The van der Waals surface area contributed by atoms with E-state index in [1.165, 1.54) is 20.0 Å². The van der Waals surface area contributed by atoms with Gasteiger partial charge < -0.3 is 29.9 Å². The van der Waals surface area contributed by atoms with Crippen LogP contribution < -0.4 is 5.32 Å². The average Bonchev–Trinajstić information content (AvgIpc) is 2.53. The van der Waals surface area contributed by atoms with E-state index in [0.717, 1.165) is 0 Å². The largest absolute Gasteiger partial charge is 0.419 e. The first-order chi connectivity index (χ1) is 12.1. The van der Waals surface area contributed by atoms with Crippen molar-refractivity contribution in [3.63, 3.8) is 0 Å². The highest BCUT2D eigenvalue weighted by molar-refractivity contribution is 6.15. The predicted molar refractivity (Wildman–Crippen MR) is 93.9 cm³/mol. The van der Waals surface area contributed by atoms with E-state index in [0.29, 0.717) is 11.3 Å². The zero-order valence-electron chi connectivity index (χ0n) is 15.2. The molecule has 0 radical (unpaired) electrons. The van der Waals surface area contributed by atoms with Crippen LogP contribution in [-0.2, 0) is 19.1 Å². The number of esters is 2. The Morgan fingerprint density at radius 1 is 1.15 bits per heavy atom. The lowest BCUT2D eigenvalue weighted by Crippen LogP contribution is -2.42. The molecule has 142 valence electrons. The minimum absolute atomic E-state index is 0.180. The van der Waals surface area contributed by atoms with Gasteiger partial charge in [0.15, 0.2) is 5.57 Å². The molecule has 2 unspecified atom stereocenters. The molecule has 1 aliphatic heterocycles. The first kappa shape index (κ1) is 19.9. The maximum Gasteiger partial charge on any atom is 0.350 e. The SMILES string of the molecule is CN(C)C(CO)C(O)c1ccc(NC=C2C(=O)OC(C)(C)OC2=O)cc1. The number of ether oxygens (including phenoxy) is 2. The molecule has 2 atom stereocenters. The number of aliphatic hydroxyl groups excluding tert-OH is 2. The number of carbonyl (C=O) groups excluding carboxylic acids is 2. The molecule has 0 aliphatic carbocycles. The molecule has 1 saturated heterocycles. The van der Waals surface area contributed by atoms with Crippen LogP contribution in [0.2, 0.25) is 0 Å². The molecule has 3 N–H and O–H groups in total. The van der Waals surface area contributed by atoms with Gasteiger partial charge in [0.05, 0.1) is 18.8 Å². The monoisotopic (exact) mass is 364 g/mol. The number of nitrogens with one attached hydrogen (secondary N) is 1. The molecule has 8 nitrogen and oxygen atoms in total. The summed E-state index contributed by atoms with van der Waals surface area (Å²) in [5.74, 6) is -2.80. The van der Waals surface area contributed by atoms with E-state index >= 15 is 0 Å². The molecular formula is C18H24N2O6. The van der Waals surface area contributed by atoms with Crippen molar-refractivity contribution in [2.75, 3.05) is 26.0 Å². The van der Waals surface area contributed by atoms with Crippen LogP contribution in [0, 0.1) is 0 Å². The fraction of sp³-hybridized carbons (Fsp3) is 0.444. The first-order valence-corrected chi connectivity index (χ1v) is 8.13. The van der Waals surface area contributed by atoms with Crippen LogP contribution in [0.25, 0.3) is 0 Å².